The molecular formula is C8H9F3N2. The molecule has 1 rings (SSSR count). The summed E-state index contributed by atoms with van der Waals surface area (Å²) >= 11 is 0. The van der Waals surface area contributed by atoms with Crippen LogP contribution in [0, 0.1) is 0 Å². The molecule has 0 fully saturated rings. The first-order valence-corrected chi connectivity index (χ1v) is 3.76. The van der Waals surface area contributed by atoms with Crippen molar-refractivity contribution >= 4 is 5.69 Å². The molecule has 0 aliphatic rings. The molecule has 2 N–H and O–H groups in total. The molecule has 1 aromatic heterocycles. The van der Waals surface area contributed by atoms with Crippen LogP contribution in [0.3, 0.4) is 0 Å². The first kappa shape index (κ1) is 9.83. The maximum absolute atomic E-state index is 12.2. The van der Waals surface area contributed by atoms with Gasteiger partial charge in [-0.05, 0) is 12.0 Å². The lowest BCUT2D eigenvalue weighted by Crippen LogP contribution is -2.11. The smallest absolute Gasteiger partial charge is 0.398 e. The Morgan fingerprint density at radius 2 is 2.00 bits per heavy atom. The van der Waals surface area contributed by atoms with Gasteiger partial charge in [-0.25, -0.2) is 0 Å². The number of alkyl halides is 3. The normalized spacial score (nSPS) is 11.7. The lowest BCUT2D eigenvalue weighted by Gasteiger charge is -2.11. The molecule has 0 aromatic carbocycles. The van der Waals surface area contributed by atoms with Crippen LogP contribution in [0.15, 0.2) is 12.4 Å². The number of nitrogens with two attached hydrogens (primary N) is 1. The molecule has 5 heteroatoms. The molecule has 1 aromatic rings. The van der Waals surface area contributed by atoms with Crippen LogP contribution in [0.5, 0.6) is 0 Å². The molecule has 0 saturated heterocycles. The zero-order chi connectivity index (χ0) is 10.1. The number of nitrogen functional groups attached to an aromatic ring is 1. The van der Waals surface area contributed by atoms with E-state index in [1.807, 2.05) is 0 Å². The molecule has 0 amide bonds. The van der Waals surface area contributed by atoms with Crippen molar-refractivity contribution < 1.29 is 13.2 Å². The van der Waals surface area contributed by atoms with Crippen molar-refractivity contribution in [1.29, 1.82) is 0 Å². The van der Waals surface area contributed by atoms with Crippen LogP contribution < -0.4 is 5.73 Å². The average molecular weight is 190 g/mol. The summed E-state index contributed by atoms with van der Waals surface area (Å²) in [6, 6.07) is 0. The van der Waals surface area contributed by atoms with Gasteiger partial charge in [-0.2, -0.15) is 13.2 Å². The van der Waals surface area contributed by atoms with E-state index < -0.39 is 11.7 Å². The highest BCUT2D eigenvalue weighted by atomic mass is 19.4. The van der Waals surface area contributed by atoms with Gasteiger partial charge >= 0.3 is 6.18 Å². The zero-order valence-electron chi connectivity index (χ0n) is 7.02. The predicted molar refractivity (Wildman–Crippen MR) is 43.0 cm³/mol. The Labute approximate surface area is 73.6 Å². The fourth-order valence-corrected chi connectivity index (χ4v) is 1.02. The Kier molecular flexibility index (Phi) is 2.45. The van der Waals surface area contributed by atoms with Crippen LogP contribution in [-0.4, -0.2) is 4.98 Å². The van der Waals surface area contributed by atoms with Crippen molar-refractivity contribution in [2.75, 3.05) is 5.73 Å². The first-order chi connectivity index (χ1) is 5.96. The van der Waals surface area contributed by atoms with E-state index in [0.717, 1.165) is 6.20 Å². The van der Waals surface area contributed by atoms with Gasteiger partial charge in [0.25, 0.3) is 0 Å². The van der Waals surface area contributed by atoms with Crippen LogP contribution in [0.2, 0.25) is 0 Å². The average Bonchev–Trinajstić information content (AvgIpc) is 2.02. The quantitative estimate of drug-likeness (QED) is 0.737. The van der Waals surface area contributed by atoms with Gasteiger partial charge in [-0.3, -0.25) is 4.98 Å². The molecule has 0 spiro atoms. The zero-order valence-corrected chi connectivity index (χ0v) is 7.02. The second-order valence-electron chi connectivity index (χ2n) is 2.61. The van der Waals surface area contributed by atoms with E-state index in [2.05, 4.69) is 4.98 Å². The van der Waals surface area contributed by atoms with E-state index in [0.29, 0.717) is 12.0 Å². The van der Waals surface area contributed by atoms with Crippen molar-refractivity contribution in [3.63, 3.8) is 0 Å². The Morgan fingerprint density at radius 1 is 1.38 bits per heavy atom. The summed E-state index contributed by atoms with van der Waals surface area (Å²) in [6.45, 7) is 1.73. The van der Waals surface area contributed by atoms with Gasteiger partial charge in [0.15, 0.2) is 0 Å². The summed E-state index contributed by atoms with van der Waals surface area (Å²) < 4.78 is 36.7. The maximum Gasteiger partial charge on any atom is 0.419 e. The molecule has 13 heavy (non-hydrogen) atoms. The second-order valence-corrected chi connectivity index (χ2v) is 2.61. The van der Waals surface area contributed by atoms with Gasteiger partial charge in [0.1, 0.15) is 0 Å². The maximum atomic E-state index is 12.2. The number of anilines is 1. The van der Waals surface area contributed by atoms with E-state index in [4.69, 9.17) is 5.73 Å². The molecule has 0 saturated carbocycles. The minimum absolute atomic E-state index is 0.218. The van der Waals surface area contributed by atoms with Gasteiger partial charge < -0.3 is 5.73 Å². The number of hydrogen-bond donors (Lipinski definition) is 1. The highest BCUT2D eigenvalue weighted by Gasteiger charge is 2.33. The molecule has 0 aliphatic heterocycles. The molecule has 1 heterocycles. The minimum atomic E-state index is -4.41. The van der Waals surface area contributed by atoms with Gasteiger partial charge in [-0.15, -0.1) is 0 Å². The fraction of sp³-hybridized carbons (Fsp3) is 0.375. The predicted octanol–water partition coefficient (Wildman–Crippen LogP) is 2.25. The summed E-state index contributed by atoms with van der Waals surface area (Å²) in [5, 5.41) is 0. The highest BCUT2D eigenvalue weighted by Crippen LogP contribution is 2.34. The molecule has 0 aliphatic carbocycles. The van der Waals surface area contributed by atoms with E-state index in [-0.39, 0.29) is 5.69 Å². The monoisotopic (exact) mass is 190 g/mol. The number of hydrogen-bond acceptors (Lipinski definition) is 2. The number of aryl methyl sites for hydroxylation is 1. The minimum Gasteiger partial charge on any atom is -0.398 e. The third kappa shape index (κ3) is 1.91. The Hall–Kier alpha value is -1.26. The highest BCUT2D eigenvalue weighted by molar-refractivity contribution is 5.53. The molecule has 0 unspecified atom stereocenters. The summed E-state index contributed by atoms with van der Waals surface area (Å²) in [6.07, 6.45) is -1.87. The topological polar surface area (TPSA) is 38.9 Å². The van der Waals surface area contributed by atoms with Crippen molar-refractivity contribution in [2.24, 2.45) is 0 Å². The Bertz CT molecular complexity index is 307. The van der Waals surface area contributed by atoms with E-state index in [9.17, 15) is 13.2 Å². The summed E-state index contributed by atoms with van der Waals surface area (Å²) in [4.78, 5) is 3.48. The van der Waals surface area contributed by atoms with Crippen molar-refractivity contribution in [1.82, 2.24) is 4.98 Å². The summed E-state index contributed by atoms with van der Waals surface area (Å²) in [5.41, 5.74) is 4.67. The van der Waals surface area contributed by atoms with Gasteiger partial charge in [0.2, 0.25) is 0 Å². The molecule has 2 nitrogen and oxygen atoms in total. The Balaban J connectivity index is 3.24. The number of halogens is 3. The number of aromatic nitrogens is 1. The van der Waals surface area contributed by atoms with Crippen LogP contribution in [0.1, 0.15) is 18.1 Å². The van der Waals surface area contributed by atoms with Gasteiger partial charge in [0, 0.05) is 12.4 Å². The van der Waals surface area contributed by atoms with Crippen molar-refractivity contribution in [3.8, 4) is 0 Å². The third-order valence-electron chi connectivity index (χ3n) is 1.76. The van der Waals surface area contributed by atoms with Crippen LogP contribution in [0.25, 0.3) is 0 Å². The van der Waals surface area contributed by atoms with Crippen LogP contribution in [0.4, 0.5) is 18.9 Å². The first-order valence-electron chi connectivity index (χ1n) is 3.76. The van der Waals surface area contributed by atoms with Crippen molar-refractivity contribution in [3.05, 3.63) is 23.5 Å². The molecule has 72 valence electrons. The number of pyridine rings is 1. The van der Waals surface area contributed by atoms with Crippen LogP contribution in [-0.2, 0) is 12.6 Å². The summed E-state index contributed by atoms with van der Waals surface area (Å²) in [7, 11) is 0. The van der Waals surface area contributed by atoms with Gasteiger partial charge in [0.05, 0.1) is 11.3 Å². The summed E-state index contributed by atoms with van der Waals surface area (Å²) in [5.74, 6) is 0. The van der Waals surface area contributed by atoms with Gasteiger partial charge in [-0.1, -0.05) is 6.92 Å². The van der Waals surface area contributed by atoms with E-state index in [1.165, 1.54) is 6.20 Å². The molecule has 0 radical (unpaired) electrons. The molecule has 0 atom stereocenters. The SMILES string of the molecule is CCc1cncc(C(F)(F)F)c1N. The molecule has 0 bridgehead atoms. The fourth-order valence-electron chi connectivity index (χ4n) is 1.02. The van der Waals surface area contributed by atoms with Crippen LogP contribution >= 0.6 is 0 Å². The largest absolute Gasteiger partial charge is 0.419 e. The lowest BCUT2D eigenvalue weighted by atomic mass is 10.1. The Morgan fingerprint density at radius 3 is 2.46 bits per heavy atom. The number of rotatable bonds is 1. The van der Waals surface area contributed by atoms with E-state index in [1.54, 1.807) is 6.92 Å². The second kappa shape index (κ2) is 3.24. The number of nitrogens with zero attached hydrogens (tertiary/aromatic N) is 1. The van der Waals surface area contributed by atoms with E-state index >= 15 is 0 Å². The lowest BCUT2D eigenvalue weighted by molar-refractivity contribution is -0.137. The van der Waals surface area contributed by atoms with Crippen molar-refractivity contribution in [2.45, 2.75) is 19.5 Å². The molecular weight excluding hydrogens is 181 g/mol. The third-order valence-corrected chi connectivity index (χ3v) is 1.76. The standard InChI is InChI=1S/C8H9F3N2/c1-2-5-3-13-4-6(7(5)12)8(9,10)11/h3-4H,2H2,1H3,(H2,12,13).